The predicted molar refractivity (Wildman–Crippen MR) is 117 cm³/mol. The number of carbonyl (C=O) groups excluding carboxylic acids is 2. The summed E-state index contributed by atoms with van der Waals surface area (Å²) >= 11 is 0. The summed E-state index contributed by atoms with van der Waals surface area (Å²) in [6, 6.07) is 17.5. The normalized spacial score (nSPS) is 11.4. The summed E-state index contributed by atoms with van der Waals surface area (Å²) < 4.78 is 0. The average Bonchev–Trinajstić information content (AvgIpc) is 2.75. The number of carboxylic acid groups (broad SMARTS) is 1. The summed E-state index contributed by atoms with van der Waals surface area (Å²) in [6.45, 7) is -0.262. The summed E-state index contributed by atoms with van der Waals surface area (Å²) in [6.07, 6.45) is 0.662. The number of carbonyl (C=O) groups is 3. The van der Waals surface area contributed by atoms with Crippen LogP contribution in [-0.2, 0) is 14.4 Å². The van der Waals surface area contributed by atoms with E-state index in [-0.39, 0.29) is 24.8 Å². The van der Waals surface area contributed by atoms with E-state index in [4.69, 9.17) is 16.6 Å². The topological polar surface area (TPSA) is 160 Å². The van der Waals surface area contributed by atoms with E-state index in [1.807, 2.05) is 60.7 Å². The van der Waals surface area contributed by atoms with Crippen molar-refractivity contribution in [3.63, 3.8) is 0 Å². The van der Waals surface area contributed by atoms with Gasteiger partial charge in [-0.25, -0.2) is 0 Å². The first-order valence-electron chi connectivity index (χ1n) is 9.83. The standard InChI is InChI=1S/C22H27N5O4/c23-22(24)25-13-7-12-17(20(30)26-14-18(28)29)27-21(31)19(15-8-3-1-4-9-15)16-10-5-2-6-11-16/h1-6,8-11,17,19H,7,12-14H2,(H,26,30)(H,27,31)(H,28,29)(H4,23,24,25)/t17-/m0/s1. The van der Waals surface area contributed by atoms with Gasteiger partial charge in [0.05, 0.1) is 5.92 Å². The molecule has 0 radical (unpaired) electrons. The maximum absolute atomic E-state index is 13.3. The number of hydrogen-bond donors (Lipinski definition) is 5. The van der Waals surface area contributed by atoms with Crippen LogP contribution in [0.4, 0.5) is 0 Å². The zero-order chi connectivity index (χ0) is 22.6. The number of guanidine groups is 1. The Bertz CT molecular complexity index is 859. The molecule has 0 bridgehead atoms. The minimum atomic E-state index is -1.18. The number of aliphatic imine (C=N–C) groups is 1. The summed E-state index contributed by atoms with van der Waals surface area (Å²) in [5, 5.41) is 13.9. The van der Waals surface area contributed by atoms with E-state index in [9.17, 15) is 14.4 Å². The van der Waals surface area contributed by atoms with E-state index >= 15 is 0 Å². The molecular weight excluding hydrogens is 398 g/mol. The van der Waals surface area contributed by atoms with Crippen LogP contribution in [0.25, 0.3) is 0 Å². The van der Waals surface area contributed by atoms with Crippen LogP contribution in [0, 0.1) is 0 Å². The Hall–Kier alpha value is -3.88. The van der Waals surface area contributed by atoms with E-state index in [0.29, 0.717) is 6.42 Å². The SMILES string of the molecule is NC(N)=NCCC[C@H](NC(=O)C(c1ccccc1)c1ccccc1)C(=O)NCC(=O)O. The summed E-state index contributed by atoms with van der Waals surface area (Å²) in [5.41, 5.74) is 12.2. The first-order chi connectivity index (χ1) is 14.9. The molecule has 0 unspecified atom stereocenters. The molecule has 2 aromatic carbocycles. The van der Waals surface area contributed by atoms with Crippen molar-refractivity contribution in [3.05, 3.63) is 71.8 Å². The monoisotopic (exact) mass is 425 g/mol. The number of amides is 2. The maximum Gasteiger partial charge on any atom is 0.322 e. The molecule has 164 valence electrons. The van der Waals surface area contributed by atoms with Crippen LogP contribution in [-0.4, -0.2) is 48.0 Å². The fourth-order valence-electron chi connectivity index (χ4n) is 3.10. The second-order valence-electron chi connectivity index (χ2n) is 6.88. The third-order valence-corrected chi connectivity index (χ3v) is 4.52. The van der Waals surface area contributed by atoms with Crippen molar-refractivity contribution in [2.75, 3.05) is 13.1 Å². The molecule has 0 spiro atoms. The van der Waals surface area contributed by atoms with Gasteiger partial charge < -0.3 is 27.2 Å². The number of aliphatic carboxylic acids is 1. The Morgan fingerprint density at radius 3 is 1.94 bits per heavy atom. The predicted octanol–water partition coefficient (Wildman–Crippen LogP) is 0.558. The molecule has 0 aromatic heterocycles. The summed E-state index contributed by atoms with van der Waals surface area (Å²) in [4.78, 5) is 40.5. The number of nitrogens with zero attached hydrogens (tertiary/aromatic N) is 1. The van der Waals surface area contributed by atoms with Crippen molar-refractivity contribution >= 4 is 23.7 Å². The van der Waals surface area contributed by atoms with Crippen molar-refractivity contribution < 1.29 is 19.5 Å². The number of nitrogens with one attached hydrogen (secondary N) is 2. The van der Waals surface area contributed by atoms with Gasteiger partial charge in [0.2, 0.25) is 11.8 Å². The fraction of sp³-hybridized carbons (Fsp3) is 0.273. The molecule has 0 fully saturated rings. The zero-order valence-electron chi connectivity index (χ0n) is 17.0. The van der Waals surface area contributed by atoms with Gasteiger partial charge in [-0.05, 0) is 24.0 Å². The average molecular weight is 425 g/mol. The molecule has 31 heavy (non-hydrogen) atoms. The van der Waals surface area contributed by atoms with Crippen LogP contribution in [0.2, 0.25) is 0 Å². The highest BCUT2D eigenvalue weighted by Crippen LogP contribution is 2.25. The Kier molecular flexibility index (Phi) is 9.03. The first-order valence-corrected chi connectivity index (χ1v) is 9.83. The van der Waals surface area contributed by atoms with E-state index in [2.05, 4.69) is 15.6 Å². The number of carboxylic acids is 1. The Morgan fingerprint density at radius 2 is 1.45 bits per heavy atom. The molecule has 0 aliphatic carbocycles. The zero-order valence-corrected chi connectivity index (χ0v) is 17.0. The van der Waals surface area contributed by atoms with Crippen molar-refractivity contribution in [1.82, 2.24) is 10.6 Å². The van der Waals surface area contributed by atoms with E-state index in [0.717, 1.165) is 11.1 Å². The third kappa shape index (κ3) is 7.81. The molecule has 2 rings (SSSR count). The minimum absolute atomic E-state index is 0.0656. The van der Waals surface area contributed by atoms with Crippen LogP contribution in [0.5, 0.6) is 0 Å². The lowest BCUT2D eigenvalue weighted by atomic mass is 9.90. The van der Waals surface area contributed by atoms with Gasteiger partial charge in [-0.1, -0.05) is 60.7 Å². The van der Waals surface area contributed by atoms with Gasteiger partial charge in [0.25, 0.3) is 0 Å². The smallest absolute Gasteiger partial charge is 0.322 e. The molecule has 0 aliphatic heterocycles. The van der Waals surface area contributed by atoms with Crippen LogP contribution in [0.3, 0.4) is 0 Å². The van der Waals surface area contributed by atoms with Crippen LogP contribution in [0.15, 0.2) is 65.7 Å². The second-order valence-corrected chi connectivity index (χ2v) is 6.88. The molecule has 2 amide bonds. The molecular formula is C22H27N5O4. The van der Waals surface area contributed by atoms with Gasteiger partial charge in [0, 0.05) is 6.54 Å². The molecule has 9 nitrogen and oxygen atoms in total. The fourth-order valence-corrected chi connectivity index (χ4v) is 3.10. The van der Waals surface area contributed by atoms with E-state index in [1.165, 1.54) is 0 Å². The van der Waals surface area contributed by atoms with Crippen LogP contribution < -0.4 is 22.1 Å². The lowest BCUT2D eigenvalue weighted by Gasteiger charge is -2.23. The quantitative estimate of drug-likeness (QED) is 0.201. The summed E-state index contributed by atoms with van der Waals surface area (Å²) in [5.74, 6) is -2.82. The molecule has 0 saturated heterocycles. The molecule has 2 aromatic rings. The van der Waals surface area contributed by atoms with Gasteiger partial charge in [-0.3, -0.25) is 19.4 Å². The minimum Gasteiger partial charge on any atom is -0.480 e. The molecule has 0 aliphatic rings. The van der Waals surface area contributed by atoms with Gasteiger partial charge in [-0.2, -0.15) is 0 Å². The first kappa shape index (κ1) is 23.4. The lowest BCUT2D eigenvalue weighted by molar-refractivity contribution is -0.138. The largest absolute Gasteiger partial charge is 0.480 e. The molecule has 0 heterocycles. The molecule has 0 saturated carbocycles. The van der Waals surface area contributed by atoms with Gasteiger partial charge in [0.15, 0.2) is 5.96 Å². The number of hydrogen-bond acceptors (Lipinski definition) is 4. The lowest BCUT2D eigenvalue weighted by Crippen LogP contribution is -2.49. The van der Waals surface area contributed by atoms with Gasteiger partial charge in [-0.15, -0.1) is 0 Å². The van der Waals surface area contributed by atoms with Crippen molar-refractivity contribution in [1.29, 1.82) is 0 Å². The highest BCUT2D eigenvalue weighted by atomic mass is 16.4. The van der Waals surface area contributed by atoms with Crippen LogP contribution in [0.1, 0.15) is 29.9 Å². The molecule has 9 heteroatoms. The van der Waals surface area contributed by atoms with Crippen molar-refractivity contribution in [2.45, 2.75) is 24.8 Å². The molecule has 1 atom stereocenters. The summed E-state index contributed by atoms with van der Waals surface area (Å²) in [7, 11) is 0. The van der Waals surface area contributed by atoms with Crippen molar-refractivity contribution in [2.24, 2.45) is 16.5 Å². The number of benzene rings is 2. The van der Waals surface area contributed by atoms with E-state index in [1.54, 1.807) is 0 Å². The number of rotatable bonds is 11. The van der Waals surface area contributed by atoms with Gasteiger partial charge >= 0.3 is 5.97 Å². The Balaban J connectivity index is 2.21. The molecule has 7 N–H and O–H groups in total. The highest BCUT2D eigenvalue weighted by Gasteiger charge is 2.27. The Labute approximate surface area is 180 Å². The van der Waals surface area contributed by atoms with E-state index < -0.39 is 30.4 Å². The maximum atomic E-state index is 13.3. The Morgan fingerprint density at radius 1 is 0.903 bits per heavy atom. The van der Waals surface area contributed by atoms with Gasteiger partial charge in [0.1, 0.15) is 12.6 Å². The van der Waals surface area contributed by atoms with Crippen molar-refractivity contribution in [3.8, 4) is 0 Å². The highest BCUT2D eigenvalue weighted by molar-refractivity contribution is 5.93. The second kappa shape index (κ2) is 12.0. The van der Waals surface area contributed by atoms with Crippen LogP contribution >= 0.6 is 0 Å². The third-order valence-electron chi connectivity index (χ3n) is 4.52. The number of nitrogens with two attached hydrogens (primary N) is 2.